The van der Waals surface area contributed by atoms with Gasteiger partial charge in [-0.15, -0.1) is 0 Å². The van der Waals surface area contributed by atoms with Crippen molar-refractivity contribution < 1.29 is 0 Å². The molecular formula is C14H16N2OS. The Hall–Kier alpha value is -1.55. The molecule has 0 radical (unpaired) electrons. The highest BCUT2D eigenvalue weighted by atomic mass is 32.2. The van der Waals surface area contributed by atoms with E-state index in [1.807, 2.05) is 19.1 Å². The van der Waals surface area contributed by atoms with Crippen molar-refractivity contribution in [3.05, 3.63) is 57.0 Å². The first kappa shape index (κ1) is 12.9. The zero-order chi connectivity index (χ0) is 13.1. The van der Waals surface area contributed by atoms with Gasteiger partial charge in [0.15, 0.2) is 5.16 Å². The molecule has 0 fully saturated rings. The van der Waals surface area contributed by atoms with Crippen LogP contribution in [-0.2, 0) is 5.75 Å². The molecule has 0 unspecified atom stereocenters. The predicted octanol–water partition coefficient (Wildman–Crippen LogP) is 2.99. The van der Waals surface area contributed by atoms with Crippen LogP contribution in [0, 0.1) is 20.8 Å². The number of aryl methyl sites for hydroxylation is 2. The minimum absolute atomic E-state index is 0.0465. The lowest BCUT2D eigenvalue weighted by molar-refractivity contribution is 0.883. The minimum Gasteiger partial charge on any atom is -0.301 e. The third kappa shape index (κ3) is 2.82. The summed E-state index contributed by atoms with van der Waals surface area (Å²) < 4.78 is 0. The highest BCUT2D eigenvalue weighted by Crippen LogP contribution is 2.20. The van der Waals surface area contributed by atoms with Crippen LogP contribution in [-0.4, -0.2) is 9.97 Å². The molecule has 1 heterocycles. The van der Waals surface area contributed by atoms with E-state index in [4.69, 9.17) is 0 Å². The summed E-state index contributed by atoms with van der Waals surface area (Å²) >= 11 is 1.56. The van der Waals surface area contributed by atoms with Gasteiger partial charge >= 0.3 is 0 Å². The van der Waals surface area contributed by atoms with Crippen LogP contribution >= 0.6 is 11.8 Å². The minimum atomic E-state index is -0.0465. The molecule has 1 aromatic heterocycles. The summed E-state index contributed by atoms with van der Waals surface area (Å²) in [6.07, 6.45) is 0. The highest BCUT2D eigenvalue weighted by molar-refractivity contribution is 7.98. The van der Waals surface area contributed by atoms with E-state index in [9.17, 15) is 4.79 Å². The molecule has 2 aromatic rings. The second-order valence-electron chi connectivity index (χ2n) is 4.30. The van der Waals surface area contributed by atoms with E-state index in [1.54, 1.807) is 18.7 Å². The molecule has 1 aromatic carbocycles. The molecule has 0 atom stereocenters. The number of benzene rings is 1. The van der Waals surface area contributed by atoms with Gasteiger partial charge in [0.2, 0.25) is 0 Å². The Bertz CT molecular complexity index is 619. The Morgan fingerprint density at radius 1 is 1.22 bits per heavy atom. The molecule has 0 amide bonds. The monoisotopic (exact) mass is 260 g/mol. The van der Waals surface area contributed by atoms with Gasteiger partial charge in [0.25, 0.3) is 5.56 Å². The topological polar surface area (TPSA) is 45.8 Å². The largest absolute Gasteiger partial charge is 0.301 e. The van der Waals surface area contributed by atoms with Gasteiger partial charge in [0.1, 0.15) is 0 Å². The third-order valence-corrected chi connectivity index (χ3v) is 3.92. The van der Waals surface area contributed by atoms with Gasteiger partial charge in [-0.05, 0) is 31.9 Å². The summed E-state index contributed by atoms with van der Waals surface area (Å²) in [5.74, 6) is 0.818. The standard InChI is InChI=1S/C14H16N2OS/c1-9-6-4-5-7-12(9)8-18-14-15-11(3)10(2)13(17)16-14/h4-7H,8H2,1-3H3,(H,15,16,17). The molecule has 0 bridgehead atoms. The number of hydrogen-bond donors (Lipinski definition) is 1. The molecule has 4 heteroatoms. The SMILES string of the molecule is Cc1ccccc1CSc1nc(C)c(C)c(=O)[nH]1. The maximum absolute atomic E-state index is 11.6. The summed E-state index contributed by atoms with van der Waals surface area (Å²) in [7, 11) is 0. The molecule has 0 saturated carbocycles. The first-order valence-electron chi connectivity index (χ1n) is 5.83. The number of H-pyrrole nitrogens is 1. The maximum Gasteiger partial charge on any atom is 0.254 e. The Labute approximate surface area is 111 Å². The van der Waals surface area contributed by atoms with Crippen molar-refractivity contribution in [1.29, 1.82) is 0 Å². The molecule has 0 saturated heterocycles. The van der Waals surface area contributed by atoms with Crippen LogP contribution < -0.4 is 5.56 Å². The van der Waals surface area contributed by atoms with E-state index in [2.05, 4.69) is 29.0 Å². The van der Waals surface area contributed by atoms with Gasteiger partial charge in [-0.2, -0.15) is 0 Å². The first-order chi connectivity index (χ1) is 8.58. The second-order valence-corrected chi connectivity index (χ2v) is 5.26. The average Bonchev–Trinajstić information content (AvgIpc) is 2.35. The first-order valence-corrected chi connectivity index (χ1v) is 6.81. The smallest absolute Gasteiger partial charge is 0.254 e. The van der Waals surface area contributed by atoms with E-state index in [0.29, 0.717) is 10.7 Å². The van der Waals surface area contributed by atoms with Gasteiger partial charge in [-0.1, -0.05) is 36.0 Å². The summed E-state index contributed by atoms with van der Waals surface area (Å²) in [5.41, 5.74) is 3.97. The summed E-state index contributed by atoms with van der Waals surface area (Å²) in [5, 5.41) is 0.686. The Balaban J connectivity index is 2.17. The van der Waals surface area contributed by atoms with Crippen LogP contribution in [0.1, 0.15) is 22.4 Å². The zero-order valence-electron chi connectivity index (χ0n) is 10.8. The van der Waals surface area contributed by atoms with E-state index in [1.165, 1.54) is 11.1 Å². The fourth-order valence-corrected chi connectivity index (χ4v) is 2.59. The van der Waals surface area contributed by atoms with Crippen molar-refractivity contribution in [2.24, 2.45) is 0 Å². The van der Waals surface area contributed by atoms with Crippen LogP contribution in [0.25, 0.3) is 0 Å². The fourth-order valence-electron chi connectivity index (χ4n) is 1.61. The summed E-state index contributed by atoms with van der Waals surface area (Å²) in [6.45, 7) is 5.74. The maximum atomic E-state index is 11.6. The predicted molar refractivity (Wildman–Crippen MR) is 75.1 cm³/mol. The lowest BCUT2D eigenvalue weighted by Crippen LogP contribution is -2.14. The molecule has 0 aliphatic carbocycles. The summed E-state index contributed by atoms with van der Waals surface area (Å²) in [6, 6.07) is 8.24. The average molecular weight is 260 g/mol. The molecular weight excluding hydrogens is 244 g/mol. The van der Waals surface area contributed by atoms with Gasteiger partial charge in [0.05, 0.1) is 0 Å². The molecule has 0 spiro atoms. The van der Waals surface area contributed by atoms with E-state index in [0.717, 1.165) is 11.4 Å². The lowest BCUT2D eigenvalue weighted by atomic mass is 10.1. The fraction of sp³-hybridized carbons (Fsp3) is 0.286. The van der Waals surface area contributed by atoms with Crippen LogP contribution in [0.2, 0.25) is 0 Å². The van der Waals surface area contributed by atoms with Crippen molar-refractivity contribution in [1.82, 2.24) is 9.97 Å². The number of nitrogens with zero attached hydrogens (tertiary/aromatic N) is 1. The Morgan fingerprint density at radius 3 is 2.61 bits per heavy atom. The number of thioether (sulfide) groups is 1. The van der Waals surface area contributed by atoms with Crippen molar-refractivity contribution in [2.45, 2.75) is 31.7 Å². The lowest BCUT2D eigenvalue weighted by Gasteiger charge is -2.06. The van der Waals surface area contributed by atoms with Crippen molar-refractivity contribution >= 4 is 11.8 Å². The highest BCUT2D eigenvalue weighted by Gasteiger charge is 2.05. The number of aromatic nitrogens is 2. The van der Waals surface area contributed by atoms with Gasteiger partial charge in [0, 0.05) is 17.0 Å². The van der Waals surface area contributed by atoms with Crippen LogP contribution in [0.3, 0.4) is 0 Å². The Kier molecular flexibility index (Phi) is 3.87. The molecule has 0 aliphatic heterocycles. The van der Waals surface area contributed by atoms with E-state index >= 15 is 0 Å². The van der Waals surface area contributed by atoms with Crippen LogP contribution in [0.5, 0.6) is 0 Å². The van der Waals surface area contributed by atoms with Gasteiger partial charge < -0.3 is 4.98 Å². The van der Waals surface area contributed by atoms with Gasteiger partial charge in [-0.25, -0.2) is 4.98 Å². The molecule has 3 nitrogen and oxygen atoms in total. The number of rotatable bonds is 3. The number of hydrogen-bond acceptors (Lipinski definition) is 3. The molecule has 2 rings (SSSR count). The molecule has 1 N–H and O–H groups in total. The quantitative estimate of drug-likeness (QED) is 0.681. The molecule has 18 heavy (non-hydrogen) atoms. The number of aromatic amines is 1. The van der Waals surface area contributed by atoms with Gasteiger partial charge in [-0.3, -0.25) is 4.79 Å². The van der Waals surface area contributed by atoms with Crippen molar-refractivity contribution in [3.8, 4) is 0 Å². The second kappa shape index (κ2) is 5.40. The Morgan fingerprint density at radius 2 is 1.94 bits per heavy atom. The van der Waals surface area contributed by atoms with Crippen molar-refractivity contribution in [2.75, 3.05) is 0 Å². The van der Waals surface area contributed by atoms with Crippen molar-refractivity contribution in [3.63, 3.8) is 0 Å². The summed E-state index contributed by atoms with van der Waals surface area (Å²) in [4.78, 5) is 18.8. The van der Waals surface area contributed by atoms with Crippen LogP contribution in [0.15, 0.2) is 34.2 Å². The number of nitrogens with one attached hydrogen (secondary N) is 1. The normalized spacial score (nSPS) is 10.6. The molecule has 94 valence electrons. The third-order valence-electron chi connectivity index (χ3n) is 3.00. The zero-order valence-corrected chi connectivity index (χ0v) is 11.6. The van der Waals surface area contributed by atoms with E-state index in [-0.39, 0.29) is 5.56 Å². The van der Waals surface area contributed by atoms with E-state index < -0.39 is 0 Å². The molecule has 0 aliphatic rings. The van der Waals surface area contributed by atoms with Crippen LogP contribution in [0.4, 0.5) is 0 Å².